The summed E-state index contributed by atoms with van der Waals surface area (Å²) in [6, 6.07) is 5.39. The van der Waals surface area contributed by atoms with Crippen molar-refractivity contribution in [3.05, 3.63) is 29.6 Å². The second-order valence-corrected chi connectivity index (χ2v) is 2.95. The summed E-state index contributed by atoms with van der Waals surface area (Å²) in [4.78, 5) is 17.2. The largest absolute Gasteiger partial charge is 0.475 e. The van der Waals surface area contributed by atoms with Crippen molar-refractivity contribution in [1.82, 2.24) is 9.97 Å². The van der Waals surface area contributed by atoms with E-state index in [9.17, 15) is 4.79 Å². The van der Waals surface area contributed by atoms with E-state index in [4.69, 9.17) is 10.8 Å². The Labute approximate surface area is 79.6 Å². The monoisotopic (exact) mass is 191 g/mol. The summed E-state index contributed by atoms with van der Waals surface area (Å²) in [5.74, 6) is -1.11. The molecule has 5 nitrogen and oxygen atoms in total. The van der Waals surface area contributed by atoms with Crippen molar-refractivity contribution in [2.24, 2.45) is 5.73 Å². The van der Waals surface area contributed by atoms with Gasteiger partial charge < -0.3 is 15.8 Å². The number of aromatic nitrogens is 2. The zero-order valence-electron chi connectivity index (χ0n) is 7.32. The van der Waals surface area contributed by atoms with Gasteiger partial charge in [0.05, 0.1) is 11.0 Å². The molecular formula is C9H9N3O2. The molecule has 1 aromatic carbocycles. The highest BCUT2D eigenvalue weighted by Crippen LogP contribution is 2.13. The number of carboxylic acid groups (broad SMARTS) is 1. The summed E-state index contributed by atoms with van der Waals surface area (Å²) in [6.45, 7) is 0.422. The van der Waals surface area contributed by atoms with E-state index < -0.39 is 5.97 Å². The number of H-pyrrole nitrogens is 1. The number of nitrogens with one attached hydrogen (secondary N) is 1. The van der Waals surface area contributed by atoms with Crippen LogP contribution in [-0.4, -0.2) is 21.0 Å². The number of benzene rings is 1. The molecular weight excluding hydrogens is 182 g/mol. The van der Waals surface area contributed by atoms with E-state index in [1.54, 1.807) is 12.1 Å². The van der Waals surface area contributed by atoms with Crippen LogP contribution in [0.15, 0.2) is 18.2 Å². The van der Waals surface area contributed by atoms with Crippen LogP contribution in [0.1, 0.15) is 16.2 Å². The van der Waals surface area contributed by atoms with Crippen LogP contribution >= 0.6 is 0 Å². The molecule has 0 amide bonds. The second-order valence-electron chi connectivity index (χ2n) is 2.95. The number of hydrogen-bond acceptors (Lipinski definition) is 3. The topological polar surface area (TPSA) is 92.0 Å². The zero-order valence-corrected chi connectivity index (χ0v) is 7.32. The molecule has 0 bridgehead atoms. The minimum Gasteiger partial charge on any atom is -0.475 e. The van der Waals surface area contributed by atoms with Gasteiger partial charge in [0, 0.05) is 6.54 Å². The Kier molecular flexibility index (Phi) is 1.94. The molecule has 0 saturated heterocycles. The molecule has 0 aliphatic heterocycles. The van der Waals surface area contributed by atoms with Crippen LogP contribution in [0.2, 0.25) is 0 Å². The normalized spacial score (nSPS) is 10.6. The van der Waals surface area contributed by atoms with Gasteiger partial charge in [-0.05, 0) is 17.7 Å². The number of nitrogens with two attached hydrogens (primary N) is 1. The van der Waals surface area contributed by atoms with Crippen molar-refractivity contribution >= 4 is 17.0 Å². The highest BCUT2D eigenvalue weighted by atomic mass is 16.4. The van der Waals surface area contributed by atoms with Gasteiger partial charge >= 0.3 is 5.97 Å². The minimum atomic E-state index is -1.06. The second kappa shape index (κ2) is 3.12. The minimum absolute atomic E-state index is 0.0471. The molecule has 72 valence electrons. The Morgan fingerprint density at radius 1 is 1.57 bits per heavy atom. The Morgan fingerprint density at radius 2 is 2.36 bits per heavy atom. The van der Waals surface area contributed by atoms with E-state index in [0.717, 1.165) is 5.56 Å². The van der Waals surface area contributed by atoms with Crippen molar-refractivity contribution in [3.8, 4) is 0 Å². The summed E-state index contributed by atoms with van der Waals surface area (Å²) in [5, 5.41) is 8.69. The lowest BCUT2D eigenvalue weighted by Gasteiger charge is -1.93. The first-order valence-electron chi connectivity index (χ1n) is 4.12. The molecule has 5 heteroatoms. The molecule has 0 atom stereocenters. The number of imidazole rings is 1. The maximum absolute atomic E-state index is 10.6. The van der Waals surface area contributed by atoms with Crippen LogP contribution in [0.5, 0.6) is 0 Å². The van der Waals surface area contributed by atoms with E-state index >= 15 is 0 Å². The maximum Gasteiger partial charge on any atom is 0.371 e. The first-order chi connectivity index (χ1) is 6.70. The van der Waals surface area contributed by atoms with E-state index in [1.807, 2.05) is 6.07 Å². The average molecular weight is 191 g/mol. The van der Waals surface area contributed by atoms with Gasteiger partial charge in [-0.3, -0.25) is 0 Å². The van der Waals surface area contributed by atoms with E-state index in [1.165, 1.54) is 0 Å². The molecule has 0 unspecified atom stereocenters. The molecule has 0 fully saturated rings. The number of carbonyl (C=O) groups is 1. The predicted octanol–water partition coefficient (Wildman–Crippen LogP) is 0.720. The highest BCUT2D eigenvalue weighted by molar-refractivity contribution is 5.89. The van der Waals surface area contributed by atoms with Gasteiger partial charge in [0.1, 0.15) is 0 Å². The first-order valence-corrected chi connectivity index (χ1v) is 4.12. The van der Waals surface area contributed by atoms with Gasteiger partial charge in [-0.2, -0.15) is 0 Å². The molecule has 4 N–H and O–H groups in total. The van der Waals surface area contributed by atoms with Crippen molar-refractivity contribution in [2.75, 3.05) is 0 Å². The molecule has 0 aliphatic carbocycles. The van der Waals surface area contributed by atoms with Gasteiger partial charge in [-0.1, -0.05) is 6.07 Å². The summed E-state index contributed by atoms with van der Waals surface area (Å²) < 4.78 is 0. The van der Waals surface area contributed by atoms with Crippen LogP contribution in [-0.2, 0) is 6.54 Å². The smallest absolute Gasteiger partial charge is 0.371 e. The molecule has 1 heterocycles. The SMILES string of the molecule is NCc1ccc2[nH]c(C(=O)O)nc2c1. The molecule has 0 aliphatic rings. The van der Waals surface area contributed by atoms with Crippen LogP contribution in [0, 0.1) is 0 Å². The summed E-state index contributed by atoms with van der Waals surface area (Å²) in [7, 11) is 0. The summed E-state index contributed by atoms with van der Waals surface area (Å²) in [6.07, 6.45) is 0. The number of nitrogens with zero attached hydrogens (tertiary/aromatic N) is 1. The average Bonchev–Trinajstić information content (AvgIpc) is 2.59. The van der Waals surface area contributed by atoms with Gasteiger partial charge in [0.2, 0.25) is 5.82 Å². The van der Waals surface area contributed by atoms with Crippen molar-refractivity contribution < 1.29 is 9.90 Å². The predicted molar refractivity (Wildman–Crippen MR) is 50.9 cm³/mol. The maximum atomic E-state index is 10.6. The van der Waals surface area contributed by atoms with Gasteiger partial charge in [0.15, 0.2) is 0 Å². The fourth-order valence-corrected chi connectivity index (χ4v) is 1.28. The number of aromatic carboxylic acids is 1. The summed E-state index contributed by atoms with van der Waals surface area (Å²) in [5.41, 5.74) is 7.72. The van der Waals surface area contributed by atoms with E-state index in [0.29, 0.717) is 17.6 Å². The molecule has 2 rings (SSSR count). The number of hydrogen-bond donors (Lipinski definition) is 3. The Bertz CT molecular complexity index is 490. The first kappa shape index (κ1) is 8.71. The fourth-order valence-electron chi connectivity index (χ4n) is 1.28. The fraction of sp³-hybridized carbons (Fsp3) is 0.111. The Hall–Kier alpha value is -1.88. The van der Waals surface area contributed by atoms with Gasteiger partial charge in [0.25, 0.3) is 0 Å². The molecule has 14 heavy (non-hydrogen) atoms. The molecule has 0 saturated carbocycles. The highest BCUT2D eigenvalue weighted by Gasteiger charge is 2.08. The Morgan fingerprint density at radius 3 is 3.00 bits per heavy atom. The number of carboxylic acids is 1. The number of rotatable bonds is 2. The van der Waals surface area contributed by atoms with Crippen molar-refractivity contribution in [3.63, 3.8) is 0 Å². The molecule has 2 aromatic rings. The van der Waals surface area contributed by atoms with Crippen LogP contribution < -0.4 is 5.73 Å². The third-order valence-electron chi connectivity index (χ3n) is 1.99. The molecule has 0 radical (unpaired) electrons. The lowest BCUT2D eigenvalue weighted by atomic mass is 10.2. The van der Waals surface area contributed by atoms with Crippen LogP contribution in [0.3, 0.4) is 0 Å². The quantitative estimate of drug-likeness (QED) is 0.652. The zero-order chi connectivity index (χ0) is 10.1. The third-order valence-corrected chi connectivity index (χ3v) is 1.99. The Balaban J connectivity index is 2.60. The van der Waals surface area contributed by atoms with Gasteiger partial charge in [-0.15, -0.1) is 0 Å². The standard InChI is InChI=1S/C9H9N3O2/c10-4-5-1-2-6-7(3-5)12-8(11-6)9(13)14/h1-3H,4,10H2,(H,11,12)(H,13,14). The van der Waals surface area contributed by atoms with E-state index in [-0.39, 0.29) is 5.82 Å². The van der Waals surface area contributed by atoms with Gasteiger partial charge in [-0.25, -0.2) is 9.78 Å². The van der Waals surface area contributed by atoms with Crippen molar-refractivity contribution in [1.29, 1.82) is 0 Å². The van der Waals surface area contributed by atoms with Crippen molar-refractivity contribution in [2.45, 2.75) is 6.54 Å². The molecule has 0 spiro atoms. The third kappa shape index (κ3) is 1.33. The van der Waals surface area contributed by atoms with Crippen LogP contribution in [0.25, 0.3) is 11.0 Å². The van der Waals surface area contributed by atoms with Crippen LogP contribution in [0.4, 0.5) is 0 Å². The molecule has 1 aromatic heterocycles. The summed E-state index contributed by atoms with van der Waals surface area (Å²) >= 11 is 0. The lowest BCUT2D eigenvalue weighted by Crippen LogP contribution is -1.97. The number of aromatic amines is 1. The van der Waals surface area contributed by atoms with E-state index in [2.05, 4.69) is 9.97 Å². The number of fused-ring (bicyclic) bond motifs is 1. The lowest BCUT2D eigenvalue weighted by molar-refractivity contribution is 0.0685.